The van der Waals surface area contributed by atoms with Gasteiger partial charge in [-0.25, -0.2) is 4.39 Å². The molecule has 0 bridgehead atoms. The molecule has 4 nitrogen and oxygen atoms in total. The van der Waals surface area contributed by atoms with E-state index in [1.807, 2.05) is 12.1 Å². The van der Waals surface area contributed by atoms with E-state index in [0.29, 0.717) is 16.8 Å². The van der Waals surface area contributed by atoms with Crippen molar-refractivity contribution < 1.29 is 9.18 Å². The van der Waals surface area contributed by atoms with Crippen LogP contribution in [0.3, 0.4) is 0 Å². The molecule has 1 saturated heterocycles. The highest BCUT2D eigenvalue weighted by molar-refractivity contribution is 6.31. The summed E-state index contributed by atoms with van der Waals surface area (Å²) in [5, 5.41) is 5.87. The van der Waals surface area contributed by atoms with E-state index in [2.05, 4.69) is 27.7 Å². The number of anilines is 3. The van der Waals surface area contributed by atoms with Gasteiger partial charge in [0, 0.05) is 36.2 Å². The van der Waals surface area contributed by atoms with Crippen LogP contribution in [0.2, 0.25) is 0 Å². The fourth-order valence-corrected chi connectivity index (χ4v) is 3.56. The van der Waals surface area contributed by atoms with Crippen LogP contribution in [0.4, 0.5) is 21.5 Å². The van der Waals surface area contributed by atoms with Gasteiger partial charge in [-0.05, 0) is 55.3 Å². The van der Waals surface area contributed by atoms with Gasteiger partial charge in [0.15, 0.2) is 0 Å². The fourth-order valence-electron chi connectivity index (χ4n) is 3.56. The highest BCUT2D eigenvalue weighted by Gasteiger charge is 2.24. The Kier molecular flexibility index (Phi) is 4.61. The first-order valence-corrected chi connectivity index (χ1v) is 9.14. The van der Waals surface area contributed by atoms with Gasteiger partial charge in [-0.2, -0.15) is 0 Å². The molecule has 0 atom stereocenters. The molecule has 2 aromatic rings. The lowest BCUT2D eigenvalue weighted by molar-refractivity contribution is -0.110. The molecule has 2 aliphatic rings. The molecular formula is C21H22FN3O. The van der Waals surface area contributed by atoms with Crippen LogP contribution >= 0.6 is 0 Å². The number of nitrogens with one attached hydrogen (secondary N) is 2. The summed E-state index contributed by atoms with van der Waals surface area (Å²) in [5.74, 6) is -0.582. The molecule has 1 fully saturated rings. The number of halogens is 1. The van der Waals surface area contributed by atoms with Crippen molar-refractivity contribution in [3.8, 4) is 0 Å². The van der Waals surface area contributed by atoms with Gasteiger partial charge in [-0.1, -0.05) is 12.8 Å². The van der Waals surface area contributed by atoms with Crippen molar-refractivity contribution in [3.05, 3.63) is 60.0 Å². The maximum atomic E-state index is 13.3. The first-order chi connectivity index (χ1) is 12.7. The van der Waals surface area contributed by atoms with E-state index in [-0.39, 0.29) is 11.7 Å². The second-order valence-corrected chi connectivity index (χ2v) is 6.79. The highest BCUT2D eigenvalue weighted by Crippen LogP contribution is 2.32. The standard InChI is InChI=1S/C21H22FN3O/c22-15-5-10-18-19(21(26)24-20(18)13-15)14-23-16-6-8-17(9-7-16)25-11-3-1-2-4-12-25/h5-10,13-14,23H,1-4,11-12H2,(H,24,26). The predicted molar refractivity (Wildman–Crippen MR) is 104 cm³/mol. The van der Waals surface area contributed by atoms with Gasteiger partial charge < -0.3 is 15.5 Å². The van der Waals surface area contributed by atoms with E-state index in [0.717, 1.165) is 18.8 Å². The van der Waals surface area contributed by atoms with Gasteiger partial charge in [-0.15, -0.1) is 0 Å². The molecule has 2 aromatic carbocycles. The van der Waals surface area contributed by atoms with Crippen molar-refractivity contribution in [1.29, 1.82) is 0 Å². The topological polar surface area (TPSA) is 44.4 Å². The zero-order valence-electron chi connectivity index (χ0n) is 14.6. The largest absolute Gasteiger partial charge is 0.372 e. The molecule has 5 heteroatoms. The van der Waals surface area contributed by atoms with Gasteiger partial charge in [0.2, 0.25) is 0 Å². The van der Waals surface area contributed by atoms with Crippen LogP contribution in [-0.2, 0) is 4.79 Å². The van der Waals surface area contributed by atoms with Crippen LogP contribution in [0.1, 0.15) is 31.2 Å². The third-order valence-electron chi connectivity index (χ3n) is 4.99. The van der Waals surface area contributed by atoms with Gasteiger partial charge >= 0.3 is 0 Å². The Morgan fingerprint density at radius 2 is 1.73 bits per heavy atom. The maximum absolute atomic E-state index is 13.3. The number of nitrogens with zero attached hydrogens (tertiary/aromatic N) is 1. The molecule has 2 heterocycles. The van der Waals surface area contributed by atoms with Crippen molar-refractivity contribution in [2.75, 3.05) is 28.6 Å². The molecule has 0 spiro atoms. The van der Waals surface area contributed by atoms with Crippen LogP contribution in [-0.4, -0.2) is 19.0 Å². The number of amides is 1. The van der Waals surface area contributed by atoms with E-state index in [9.17, 15) is 9.18 Å². The molecule has 0 aliphatic carbocycles. The number of benzene rings is 2. The number of fused-ring (bicyclic) bond motifs is 1. The van der Waals surface area contributed by atoms with Crippen LogP contribution in [0.15, 0.2) is 48.7 Å². The molecule has 0 aromatic heterocycles. The molecule has 2 aliphatic heterocycles. The lowest BCUT2D eigenvalue weighted by Crippen LogP contribution is -2.23. The average molecular weight is 351 g/mol. The first kappa shape index (κ1) is 16.6. The summed E-state index contributed by atoms with van der Waals surface area (Å²) in [4.78, 5) is 14.5. The number of carbonyl (C=O) groups is 1. The fraction of sp³-hybridized carbons (Fsp3) is 0.286. The highest BCUT2D eigenvalue weighted by atomic mass is 19.1. The van der Waals surface area contributed by atoms with E-state index < -0.39 is 0 Å². The normalized spacial score (nSPS) is 18.4. The van der Waals surface area contributed by atoms with E-state index in [4.69, 9.17) is 0 Å². The molecule has 0 saturated carbocycles. The zero-order chi connectivity index (χ0) is 17.9. The zero-order valence-corrected chi connectivity index (χ0v) is 14.6. The number of hydrogen-bond acceptors (Lipinski definition) is 3. The van der Waals surface area contributed by atoms with Crippen LogP contribution in [0, 0.1) is 5.82 Å². The molecule has 2 N–H and O–H groups in total. The SMILES string of the molecule is O=C1Nc2cc(F)ccc2C1=CNc1ccc(N2CCCCCC2)cc1. The summed E-state index contributed by atoms with van der Waals surface area (Å²) in [6, 6.07) is 12.6. The summed E-state index contributed by atoms with van der Waals surface area (Å²) in [5.41, 5.74) is 3.89. The second kappa shape index (κ2) is 7.20. The minimum Gasteiger partial charge on any atom is -0.372 e. The molecule has 4 rings (SSSR count). The Bertz CT molecular complexity index is 837. The van der Waals surface area contributed by atoms with Crippen LogP contribution in [0.25, 0.3) is 5.57 Å². The summed E-state index contributed by atoms with van der Waals surface area (Å²) < 4.78 is 13.3. The van der Waals surface area contributed by atoms with Crippen molar-refractivity contribution in [1.82, 2.24) is 0 Å². The smallest absolute Gasteiger partial charge is 0.257 e. The maximum Gasteiger partial charge on any atom is 0.257 e. The Labute approximate surface area is 152 Å². The van der Waals surface area contributed by atoms with E-state index in [1.54, 1.807) is 12.3 Å². The van der Waals surface area contributed by atoms with Gasteiger partial charge in [-0.3, -0.25) is 4.79 Å². The van der Waals surface area contributed by atoms with Gasteiger partial charge in [0.25, 0.3) is 5.91 Å². The molecular weight excluding hydrogens is 329 g/mol. The van der Waals surface area contributed by atoms with Crippen LogP contribution in [0.5, 0.6) is 0 Å². The third-order valence-corrected chi connectivity index (χ3v) is 4.99. The number of rotatable bonds is 3. The minimum atomic E-state index is -0.359. The molecule has 26 heavy (non-hydrogen) atoms. The van der Waals surface area contributed by atoms with Crippen molar-refractivity contribution in [3.63, 3.8) is 0 Å². The molecule has 134 valence electrons. The van der Waals surface area contributed by atoms with Crippen LogP contribution < -0.4 is 15.5 Å². The summed E-state index contributed by atoms with van der Waals surface area (Å²) in [6.45, 7) is 2.23. The summed E-state index contributed by atoms with van der Waals surface area (Å²) >= 11 is 0. The van der Waals surface area contributed by atoms with Crippen molar-refractivity contribution in [2.45, 2.75) is 25.7 Å². The lowest BCUT2D eigenvalue weighted by atomic mass is 10.1. The van der Waals surface area contributed by atoms with E-state index in [1.165, 1.54) is 43.5 Å². The predicted octanol–water partition coefficient (Wildman–Crippen LogP) is 4.61. The van der Waals surface area contributed by atoms with E-state index >= 15 is 0 Å². The van der Waals surface area contributed by atoms with Gasteiger partial charge in [0.1, 0.15) is 5.82 Å². The Morgan fingerprint density at radius 1 is 1.00 bits per heavy atom. The number of carbonyl (C=O) groups excluding carboxylic acids is 1. The molecule has 1 amide bonds. The average Bonchev–Trinajstić information content (AvgIpc) is 2.81. The van der Waals surface area contributed by atoms with Gasteiger partial charge in [0.05, 0.1) is 11.3 Å². The molecule has 0 unspecified atom stereocenters. The molecule has 0 radical (unpaired) electrons. The second-order valence-electron chi connectivity index (χ2n) is 6.79. The quantitative estimate of drug-likeness (QED) is 0.794. The Morgan fingerprint density at radius 3 is 2.46 bits per heavy atom. The third kappa shape index (κ3) is 3.43. The monoisotopic (exact) mass is 351 g/mol. The summed E-state index contributed by atoms with van der Waals surface area (Å²) in [7, 11) is 0. The number of hydrogen-bond donors (Lipinski definition) is 2. The summed E-state index contributed by atoms with van der Waals surface area (Å²) in [6.07, 6.45) is 6.82. The lowest BCUT2D eigenvalue weighted by Gasteiger charge is -2.22. The Balaban J connectivity index is 1.48. The first-order valence-electron chi connectivity index (χ1n) is 9.14. The Hall–Kier alpha value is -2.82. The van der Waals surface area contributed by atoms with Crippen molar-refractivity contribution in [2.24, 2.45) is 0 Å². The minimum absolute atomic E-state index is 0.223. The van der Waals surface area contributed by atoms with Crippen molar-refractivity contribution >= 4 is 28.5 Å².